The first-order chi connectivity index (χ1) is 15.2. The first kappa shape index (κ1) is 21.6. The second-order valence-corrected chi connectivity index (χ2v) is 10.1. The fourth-order valence-corrected chi connectivity index (χ4v) is 5.50. The molecule has 0 radical (unpaired) electrons. The normalized spacial score (nSPS) is 25.6. The molecule has 0 unspecified atom stereocenters. The molecule has 0 aliphatic carbocycles. The molecule has 5 rings (SSSR count). The lowest BCUT2D eigenvalue weighted by atomic mass is 9.92. The van der Waals surface area contributed by atoms with Crippen LogP contribution in [-0.4, -0.2) is 68.9 Å². The van der Waals surface area contributed by atoms with Crippen LogP contribution in [0, 0.1) is 5.82 Å². The lowest BCUT2D eigenvalue weighted by molar-refractivity contribution is 0.0447. The van der Waals surface area contributed by atoms with Gasteiger partial charge < -0.3 is 14.7 Å². The molecular formula is C23H27ClFN5O2. The van der Waals surface area contributed by atoms with Crippen molar-refractivity contribution in [3.63, 3.8) is 0 Å². The Labute approximate surface area is 191 Å². The fourth-order valence-electron chi connectivity index (χ4n) is 5.36. The summed E-state index contributed by atoms with van der Waals surface area (Å²) < 4.78 is 21.0. The minimum atomic E-state index is -0.858. The highest BCUT2D eigenvalue weighted by molar-refractivity contribution is 6.30. The maximum absolute atomic E-state index is 14.9. The smallest absolute Gasteiger partial charge is 0.319 e. The van der Waals surface area contributed by atoms with Crippen molar-refractivity contribution in [1.82, 2.24) is 19.9 Å². The monoisotopic (exact) mass is 459 g/mol. The third-order valence-corrected chi connectivity index (χ3v) is 6.97. The number of anilines is 1. The van der Waals surface area contributed by atoms with E-state index in [-0.39, 0.29) is 22.2 Å². The number of β-amino-alcohol motifs (C(OH)–C–C–N with tert-alkyl or cyclic N) is 1. The molecule has 32 heavy (non-hydrogen) atoms. The third-order valence-electron chi connectivity index (χ3n) is 6.70. The van der Waals surface area contributed by atoms with Crippen molar-refractivity contribution >= 4 is 28.3 Å². The molecule has 7 nitrogen and oxygen atoms in total. The average molecular weight is 460 g/mol. The first-order valence-electron chi connectivity index (χ1n) is 10.9. The van der Waals surface area contributed by atoms with Crippen molar-refractivity contribution in [2.24, 2.45) is 0 Å². The Morgan fingerprint density at radius 1 is 1.25 bits per heavy atom. The van der Waals surface area contributed by atoms with E-state index < -0.39 is 11.4 Å². The number of ether oxygens (including phenoxy) is 1. The Bertz CT molecular complexity index is 1100. The molecule has 1 atom stereocenters. The van der Waals surface area contributed by atoms with E-state index in [1.54, 1.807) is 6.92 Å². The molecule has 3 aliphatic rings. The molecule has 0 saturated carbocycles. The molecule has 2 aromatic heterocycles. The highest BCUT2D eigenvalue weighted by Crippen LogP contribution is 2.43. The van der Waals surface area contributed by atoms with Crippen LogP contribution in [0.2, 0.25) is 5.15 Å². The van der Waals surface area contributed by atoms with Crippen LogP contribution in [0.1, 0.15) is 32.6 Å². The second-order valence-electron chi connectivity index (χ2n) is 9.70. The number of aliphatic hydroxyl groups is 1. The van der Waals surface area contributed by atoms with E-state index >= 15 is 0 Å². The van der Waals surface area contributed by atoms with Crippen LogP contribution < -0.4 is 9.64 Å². The quantitative estimate of drug-likeness (QED) is 0.554. The number of hydrogen-bond donors (Lipinski definition) is 1. The summed E-state index contributed by atoms with van der Waals surface area (Å²) in [5.41, 5.74) is 1.33. The molecule has 3 saturated heterocycles. The molecule has 3 fully saturated rings. The van der Waals surface area contributed by atoms with Gasteiger partial charge in [0.2, 0.25) is 0 Å². The number of halogens is 2. The van der Waals surface area contributed by atoms with Gasteiger partial charge in [0.1, 0.15) is 17.9 Å². The van der Waals surface area contributed by atoms with E-state index in [4.69, 9.17) is 16.3 Å². The van der Waals surface area contributed by atoms with Gasteiger partial charge in [-0.1, -0.05) is 35.9 Å². The first-order valence-corrected chi connectivity index (χ1v) is 11.2. The Kier molecular flexibility index (Phi) is 5.15. The fraction of sp³-hybridized carbons (Fsp3) is 0.522. The zero-order valence-electron chi connectivity index (χ0n) is 18.2. The van der Waals surface area contributed by atoms with Crippen molar-refractivity contribution in [2.75, 3.05) is 37.7 Å². The molecule has 0 bridgehead atoms. The SMILES string of the molecule is C=C1CN2CC(=C)CC2(COc2nc(N3CCC[C@@](C)(O)C3)c3cnc(Cl)c(F)c3n2)C1. The summed E-state index contributed by atoms with van der Waals surface area (Å²) in [6.45, 7) is 13.2. The van der Waals surface area contributed by atoms with Crippen molar-refractivity contribution in [2.45, 2.75) is 43.7 Å². The summed E-state index contributed by atoms with van der Waals surface area (Å²) in [4.78, 5) is 17.2. The molecular weight excluding hydrogens is 433 g/mol. The summed E-state index contributed by atoms with van der Waals surface area (Å²) in [5, 5.41) is 10.8. The van der Waals surface area contributed by atoms with Gasteiger partial charge in [-0.2, -0.15) is 9.97 Å². The zero-order valence-corrected chi connectivity index (χ0v) is 19.0. The maximum atomic E-state index is 14.9. The average Bonchev–Trinajstić information content (AvgIpc) is 3.18. The number of nitrogens with zero attached hydrogens (tertiary/aromatic N) is 5. The molecule has 3 aliphatic heterocycles. The van der Waals surface area contributed by atoms with E-state index in [0.717, 1.165) is 32.4 Å². The van der Waals surface area contributed by atoms with E-state index in [9.17, 15) is 9.50 Å². The van der Waals surface area contributed by atoms with Gasteiger partial charge in [0.05, 0.1) is 16.5 Å². The molecule has 9 heteroatoms. The standard InChI is InChI=1S/C23H27ClFN5O2/c1-14-7-23(8-15(2)11-30(23)10-14)13-32-21-27-18-16(9-26-19(24)17(18)25)20(28-21)29-6-4-5-22(3,31)12-29/h9,31H,1-2,4-8,10-13H2,3H3/t22-/m1/s1. The summed E-state index contributed by atoms with van der Waals surface area (Å²) in [6, 6.07) is 0.0863. The number of rotatable bonds is 4. The van der Waals surface area contributed by atoms with Crippen molar-refractivity contribution in [3.05, 3.63) is 41.5 Å². The van der Waals surface area contributed by atoms with Crippen LogP contribution in [0.25, 0.3) is 10.9 Å². The molecule has 1 N–H and O–H groups in total. The molecule has 0 amide bonds. The Morgan fingerprint density at radius 2 is 1.97 bits per heavy atom. The topological polar surface area (TPSA) is 74.6 Å². The Hall–Kier alpha value is -2.29. The molecule has 0 spiro atoms. The summed E-state index contributed by atoms with van der Waals surface area (Å²) in [5.74, 6) is -0.209. The largest absolute Gasteiger partial charge is 0.461 e. The highest BCUT2D eigenvalue weighted by atomic mass is 35.5. The number of hydrogen-bond acceptors (Lipinski definition) is 7. The van der Waals surface area contributed by atoms with Crippen LogP contribution in [0.3, 0.4) is 0 Å². The molecule has 0 aromatic carbocycles. The minimum Gasteiger partial charge on any atom is -0.461 e. The molecule has 5 heterocycles. The van der Waals surface area contributed by atoms with Gasteiger partial charge in [0.15, 0.2) is 11.0 Å². The van der Waals surface area contributed by atoms with Crippen LogP contribution in [-0.2, 0) is 0 Å². The van der Waals surface area contributed by atoms with Crippen molar-refractivity contribution in [1.29, 1.82) is 0 Å². The van der Waals surface area contributed by atoms with Gasteiger partial charge >= 0.3 is 6.01 Å². The van der Waals surface area contributed by atoms with E-state index in [2.05, 4.69) is 33.0 Å². The summed E-state index contributed by atoms with van der Waals surface area (Å²) >= 11 is 5.94. The van der Waals surface area contributed by atoms with Crippen LogP contribution >= 0.6 is 11.6 Å². The van der Waals surface area contributed by atoms with Gasteiger partial charge in [-0.05, 0) is 32.6 Å². The lowest BCUT2D eigenvalue weighted by Gasteiger charge is -2.38. The van der Waals surface area contributed by atoms with Crippen molar-refractivity contribution in [3.8, 4) is 6.01 Å². The Morgan fingerprint density at radius 3 is 2.66 bits per heavy atom. The second kappa shape index (κ2) is 7.64. The van der Waals surface area contributed by atoms with E-state index in [1.807, 2.05) is 4.90 Å². The third kappa shape index (κ3) is 3.74. The van der Waals surface area contributed by atoms with Gasteiger partial charge in [-0.3, -0.25) is 4.90 Å². The molecule has 2 aromatic rings. The van der Waals surface area contributed by atoms with Crippen LogP contribution in [0.5, 0.6) is 6.01 Å². The van der Waals surface area contributed by atoms with Gasteiger partial charge in [0, 0.05) is 32.4 Å². The predicted molar refractivity (Wildman–Crippen MR) is 122 cm³/mol. The summed E-state index contributed by atoms with van der Waals surface area (Å²) in [7, 11) is 0. The van der Waals surface area contributed by atoms with Crippen LogP contribution in [0.4, 0.5) is 10.2 Å². The zero-order chi connectivity index (χ0) is 22.7. The summed E-state index contributed by atoms with van der Waals surface area (Å²) in [6.07, 6.45) is 4.61. The highest BCUT2D eigenvalue weighted by Gasteiger charge is 2.48. The predicted octanol–water partition coefficient (Wildman–Crippen LogP) is 3.51. The molecule has 170 valence electrons. The lowest BCUT2D eigenvalue weighted by Crippen LogP contribution is -2.46. The number of fused-ring (bicyclic) bond motifs is 2. The van der Waals surface area contributed by atoms with Gasteiger partial charge in [-0.25, -0.2) is 9.37 Å². The van der Waals surface area contributed by atoms with Gasteiger partial charge in [-0.15, -0.1) is 0 Å². The minimum absolute atomic E-state index is 0.0660. The van der Waals surface area contributed by atoms with Crippen LogP contribution in [0.15, 0.2) is 30.5 Å². The Balaban J connectivity index is 1.51. The van der Waals surface area contributed by atoms with Crippen molar-refractivity contribution < 1.29 is 14.2 Å². The number of piperidine rings is 1. The maximum Gasteiger partial charge on any atom is 0.319 e. The van der Waals surface area contributed by atoms with E-state index in [1.165, 1.54) is 17.3 Å². The van der Waals surface area contributed by atoms with E-state index in [0.29, 0.717) is 37.3 Å². The van der Waals surface area contributed by atoms with Gasteiger partial charge in [0.25, 0.3) is 0 Å². The number of aromatic nitrogens is 3. The number of pyridine rings is 1.